The molecule has 4 nitrogen and oxygen atoms in total. The van der Waals surface area contributed by atoms with Crippen molar-refractivity contribution in [3.63, 3.8) is 0 Å². The average Bonchev–Trinajstić information content (AvgIpc) is 1.39. The van der Waals surface area contributed by atoms with Crippen LogP contribution in [0, 0.1) is 0 Å². The summed E-state index contributed by atoms with van der Waals surface area (Å²) in [6.07, 6.45) is 0. The van der Waals surface area contributed by atoms with E-state index in [1.54, 1.807) is 0 Å². The third-order valence-corrected chi connectivity index (χ3v) is 0. The summed E-state index contributed by atoms with van der Waals surface area (Å²) in [5.74, 6) is 0. The van der Waals surface area contributed by atoms with Gasteiger partial charge in [-0.05, 0) is 0 Å². The predicted molar refractivity (Wildman–Crippen MR) is 20.6 cm³/mol. The Balaban J connectivity index is -0.0000000400. The second kappa shape index (κ2) is 28.9. The zero-order valence-corrected chi connectivity index (χ0v) is 7.99. The van der Waals surface area contributed by atoms with Crippen LogP contribution in [0.4, 0.5) is 0 Å². The monoisotopic (exact) mass is 194 g/mol. The van der Waals surface area contributed by atoms with Crippen LogP contribution in [0.25, 0.3) is 0 Å². The minimum absolute atomic E-state index is 0. The van der Waals surface area contributed by atoms with E-state index >= 15 is 0 Å². The topological polar surface area (TPSA) is 80.3 Å². The number of hydrogen-bond donors (Lipinski definition) is 2. The van der Waals surface area contributed by atoms with E-state index in [2.05, 4.69) is 0 Å². The van der Waals surface area contributed by atoms with Crippen molar-refractivity contribution in [2.75, 3.05) is 0 Å². The fourth-order valence-corrected chi connectivity index (χ4v) is 0. The Morgan fingerprint density at radius 3 is 1.00 bits per heavy atom. The maximum atomic E-state index is 8.35. The third kappa shape index (κ3) is 226. The van der Waals surface area contributed by atoms with Gasteiger partial charge < -0.3 is 9.11 Å². The van der Waals surface area contributed by atoms with Gasteiger partial charge in [-0.1, -0.05) is 23.9 Å². The van der Waals surface area contributed by atoms with Gasteiger partial charge in [0.2, 0.25) is 0 Å². The molecule has 0 aromatic heterocycles. The molecule has 0 aromatic carbocycles. The zero-order chi connectivity index (χ0) is 5.41. The van der Waals surface area contributed by atoms with Crippen LogP contribution in [-0.4, -0.2) is 17.5 Å². The van der Waals surface area contributed by atoms with Crippen LogP contribution in [0.5, 0.6) is 0 Å². The fraction of sp³-hybridized carbons (Fsp3) is 0. The summed E-state index contributed by atoms with van der Waals surface area (Å²) in [6.45, 7) is 0. The molecule has 0 radical (unpaired) electrons. The van der Waals surface area contributed by atoms with Crippen LogP contribution >= 0.6 is 0 Å². The van der Waals surface area contributed by atoms with Gasteiger partial charge in [-0.2, -0.15) is 0 Å². The van der Waals surface area contributed by atoms with Crippen LogP contribution in [-0.2, 0) is 43.4 Å². The maximum absolute atomic E-state index is 8.35. The first-order chi connectivity index (χ1) is 2.83. The van der Waals surface area contributed by atoms with Gasteiger partial charge in [-0.3, -0.25) is 8.42 Å². The van der Waals surface area contributed by atoms with Gasteiger partial charge in [-0.25, -0.2) is 0 Å². The standard InChI is InChI=1S/2H2O2S.Zn/c2*1-3-2;/h2*3H,(H,1,2);/q;;+2/p-2. The van der Waals surface area contributed by atoms with Gasteiger partial charge in [0, 0.05) is 0 Å². The van der Waals surface area contributed by atoms with Gasteiger partial charge in [0.1, 0.15) is 0 Å². The van der Waals surface area contributed by atoms with Gasteiger partial charge in [-0.15, -0.1) is 0 Å². The Labute approximate surface area is 61.1 Å². The molecule has 0 heterocycles. The molecule has 0 aliphatic carbocycles. The van der Waals surface area contributed by atoms with Crippen LogP contribution in [0.1, 0.15) is 0 Å². The van der Waals surface area contributed by atoms with Crippen molar-refractivity contribution in [2.45, 2.75) is 0 Å². The largest absolute Gasteiger partial charge is 2.00 e. The molecule has 0 atom stereocenters. The fourth-order valence-electron chi connectivity index (χ4n) is 0. The van der Waals surface area contributed by atoms with E-state index in [4.69, 9.17) is 17.5 Å². The molecule has 0 bridgehead atoms. The molecule has 0 aliphatic rings. The van der Waals surface area contributed by atoms with Gasteiger partial charge in [0.25, 0.3) is 0 Å². The van der Waals surface area contributed by atoms with E-state index in [0.29, 0.717) is 0 Å². The molecule has 7 heavy (non-hydrogen) atoms. The average molecular weight is 196 g/mol. The molecule has 0 spiro atoms. The van der Waals surface area contributed by atoms with Crippen molar-refractivity contribution in [3.05, 3.63) is 0 Å². The first-order valence-corrected chi connectivity index (χ1v) is 2.19. The second-order valence-corrected chi connectivity index (χ2v) is 0.447. The molecule has 0 aliphatic heterocycles. The molecular weight excluding hydrogens is 194 g/mol. The van der Waals surface area contributed by atoms with Crippen molar-refractivity contribution in [1.29, 1.82) is 0 Å². The Bertz CT molecular complexity index is 30.7. The molecule has 0 aromatic rings. The summed E-state index contributed by atoms with van der Waals surface area (Å²) in [4.78, 5) is 0. The molecule has 0 unspecified atom stereocenters. The van der Waals surface area contributed by atoms with Crippen LogP contribution in [0.2, 0.25) is 0 Å². The summed E-state index contributed by atoms with van der Waals surface area (Å²) < 4.78 is 33.4. The van der Waals surface area contributed by atoms with Crippen LogP contribution < -0.4 is 0 Å². The molecule has 0 fully saturated rings. The van der Waals surface area contributed by atoms with Gasteiger partial charge in [0.05, 0.1) is 0 Å². The molecule has 7 heteroatoms. The molecular formula is H2O4S2Zn. The first-order valence-electron chi connectivity index (χ1n) is 0.730. The second-order valence-electron chi connectivity index (χ2n) is 0.149. The van der Waals surface area contributed by atoms with Crippen molar-refractivity contribution < 1.29 is 37.0 Å². The molecule has 0 saturated heterocycles. The summed E-state index contributed by atoms with van der Waals surface area (Å²) in [5, 5.41) is 0. The SMILES string of the molecule is O=[SH][O-].O=[SH][O-].[Zn+2]. The summed E-state index contributed by atoms with van der Waals surface area (Å²) >= 11 is -2.17. The van der Waals surface area contributed by atoms with E-state index in [-0.39, 0.29) is 19.5 Å². The smallest absolute Gasteiger partial charge is 0.775 e. The Kier molecular flexibility index (Phi) is 64.7. The molecule has 0 saturated carbocycles. The third-order valence-electron chi connectivity index (χ3n) is 0. The minimum atomic E-state index is -1.08. The predicted octanol–water partition coefficient (Wildman–Crippen LogP) is -1.88. The van der Waals surface area contributed by atoms with E-state index < -0.39 is 23.9 Å². The minimum Gasteiger partial charge on any atom is -0.775 e. The molecule has 0 amide bonds. The Hall–Kier alpha value is 0.843. The number of thiol groups is 2. The van der Waals surface area contributed by atoms with E-state index in [0.717, 1.165) is 0 Å². The summed E-state index contributed by atoms with van der Waals surface area (Å²) in [5.41, 5.74) is 0. The Morgan fingerprint density at radius 1 is 1.00 bits per heavy atom. The van der Waals surface area contributed by atoms with Gasteiger partial charge >= 0.3 is 19.5 Å². The molecule has 40 valence electrons. The zero-order valence-electron chi connectivity index (χ0n) is 3.23. The van der Waals surface area contributed by atoms with Crippen LogP contribution in [0.3, 0.4) is 0 Å². The van der Waals surface area contributed by atoms with E-state index in [1.165, 1.54) is 0 Å². The maximum Gasteiger partial charge on any atom is 2.00 e. The summed E-state index contributed by atoms with van der Waals surface area (Å²) in [6, 6.07) is 0. The van der Waals surface area contributed by atoms with Crippen molar-refractivity contribution >= 4 is 23.9 Å². The van der Waals surface area contributed by atoms with Gasteiger partial charge in [0.15, 0.2) is 0 Å². The van der Waals surface area contributed by atoms with Crippen molar-refractivity contribution in [3.8, 4) is 0 Å². The molecule has 0 rings (SSSR count). The van der Waals surface area contributed by atoms with Crippen molar-refractivity contribution in [2.24, 2.45) is 0 Å². The quantitative estimate of drug-likeness (QED) is 0.269. The normalized spacial score (nSPS) is 4.86. The van der Waals surface area contributed by atoms with Crippen molar-refractivity contribution in [1.82, 2.24) is 0 Å². The number of rotatable bonds is 0. The summed E-state index contributed by atoms with van der Waals surface area (Å²) in [7, 11) is 0. The van der Waals surface area contributed by atoms with E-state index in [9.17, 15) is 0 Å². The Morgan fingerprint density at radius 2 is 1.00 bits per heavy atom. The number of hydrogen-bond acceptors (Lipinski definition) is 4. The van der Waals surface area contributed by atoms with Crippen LogP contribution in [0.15, 0.2) is 0 Å². The molecule has 0 N–H and O–H groups in total. The first kappa shape index (κ1) is 15.7. The van der Waals surface area contributed by atoms with E-state index in [1.807, 2.05) is 0 Å².